The van der Waals surface area contributed by atoms with Crippen molar-refractivity contribution in [3.63, 3.8) is 0 Å². The van der Waals surface area contributed by atoms with E-state index >= 15 is 0 Å². The van der Waals surface area contributed by atoms with E-state index in [1.165, 1.54) is 0 Å². The zero-order chi connectivity index (χ0) is 18.9. The number of hydrogen-bond acceptors (Lipinski definition) is 3. The SMILES string of the molecule is Cc1cc(OCc2cc(C(=O)N3CCCC3)[nH]n2)c(C(C)(C)C)cc1Cl. The van der Waals surface area contributed by atoms with Crippen LogP contribution in [0.15, 0.2) is 18.2 Å². The van der Waals surface area contributed by atoms with E-state index in [1.54, 1.807) is 6.07 Å². The van der Waals surface area contributed by atoms with E-state index in [0.29, 0.717) is 18.0 Å². The van der Waals surface area contributed by atoms with Crippen molar-refractivity contribution in [2.75, 3.05) is 13.1 Å². The predicted octanol–water partition coefficient (Wildman–Crippen LogP) is 4.48. The van der Waals surface area contributed by atoms with Crippen molar-refractivity contribution in [1.82, 2.24) is 15.1 Å². The number of halogens is 1. The highest BCUT2D eigenvalue weighted by atomic mass is 35.5. The Labute approximate surface area is 159 Å². The molecular weight excluding hydrogens is 350 g/mol. The third kappa shape index (κ3) is 4.04. The number of rotatable bonds is 4. The van der Waals surface area contributed by atoms with Gasteiger partial charge in [-0.3, -0.25) is 9.89 Å². The lowest BCUT2D eigenvalue weighted by atomic mass is 9.86. The summed E-state index contributed by atoms with van der Waals surface area (Å²) in [5.74, 6) is 0.814. The fourth-order valence-electron chi connectivity index (χ4n) is 3.15. The molecule has 1 aromatic carbocycles. The van der Waals surface area contributed by atoms with Crippen molar-refractivity contribution in [1.29, 1.82) is 0 Å². The van der Waals surface area contributed by atoms with Crippen LogP contribution in [0.5, 0.6) is 5.75 Å². The number of H-pyrrole nitrogens is 1. The van der Waals surface area contributed by atoms with Gasteiger partial charge in [0.2, 0.25) is 0 Å². The quantitative estimate of drug-likeness (QED) is 0.856. The smallest absolute Gasteiger partial charge is 0.271 e. The van der Waals surface area contributed by atoms with Crippen LogP contribution in [0, 0.1) is 6.92 Å². The minimum absolute atomic E-state index is 0.0129. The van der Waals surface area contributed by atoms with Crippen molar-refractivity contribution < 1.29 is 9.53 Å². The van der Waals surface area contributed by atoms with Crippen LogP contribution >= 0.6 is 11.6 Å². The summed E-state index contributed by atoms with van der Waals surface area (Å²) in [5.41, 5.74) is 3.17. The maximum atomic E-state index is 12.4. The molecule has 0 atom stereocenters. The normalized spacial score (nSPS) is 14.7. The predicted molar refractivity (Wildman–Crippen MR) is 103 cm³/mol. The Morgan fingerprint density at radius 3 is 2.62 bits per heavy atom. The lowest BCUT2D eigenvalue weighted by Crippen LogP contribution is -2.27. The van der Waals surface area contributed by atoms with Crippen LogP contribution in [0.4, 0.5) is 0 Å². The summed E-state index contributed by atoms with van der Waals surface area (Å²) in [6.45, 7) is 10.3. The monoisotopic (exact) mass is 375 g/mol. The number of carbonyl (C=O) groups is 1. The molecule has 0 unspecified atom stereocenters. The molecule has 1 N–H and O–H groups in total. The fourth-order valence-corrected chi connectivity index (χ4v) is 3.31. The van der Waals surface area contributed by atoms with E-state index in [9.17, 15) is 4.79 Å². The molecule has 0 radical (unpaired) electrons. The summed E-state index contributed by atoms with van der Waals surface area (Å²) in [5, 5.41) is 7.81. The van der Waals surface area contributed by atoms with Gasteiger partial charge in [-0.15, -0.1) is 0 Å². The molecular formula is C20H26ClN3O2. The number of hydrogen-bond donors (Lipinski definition) is 1. The van der Waals surface area contributed by atoms with Crippen LogP contribution in [0.3, 0.4) is 0 Å². The highest BCUT2D eigenvalue weighted by Gasteiger charge is 2.23. The van der Waals surface area contributed by atoms with E-state index in [-0.39, 0.29) is 11.3 Å². The van der Waals surface area contributed by atoms with Gasteiger partial charge in [-0.25, -0.2) is 0 Å². The first-order valence-electron chi connectivity index (χ1n) is 9.02. The van der Waals surface area contributed by atoms with Gasteiger partial charge in [-0.1, -0.05) is 32.4 Å². The lowest BCUT2D eigenvalue weighted by Gasteiger charge is -2.23. The minimum atomic E-state index is -0.0882. The molecule has 5 nitrogen and oxygen atoms in total. The summed E-state index contributed by atoms with van der Waals surface area (Å²) in [4.78, 5) is 14.3. The zero-order valence-corrected chi connectivity index (χ0v) is 16.6. The molecule has 1 fully saturated rings. The number of aryl methyl sites for hydroxylation is 1. The number of nitrogens with zero attached hydrogens (tertiary/aromatic N) is 2. The number of carbonyl (C=O) groups excluding carboxylic acids is 1. The van der Waals surface area contributed by atoms with Crippen LogP contribution in [-0.4, -0.2) is 34.1 Å². The number of benzene rings is 1. The second kappa shape index (κ2) is 7.31. The summed E-state index contributed by atoms with van der Waals surface area (Å²) in [6.07, 6.45) is 2.14. The Hall–Kier alpha value is -2.01. The van der Waals surface area contributed by atoms with Gasteiger partial charge in [-0.2, -0.15) is 5.10 Å². The molecule has 0 bridgehead atoms. The Morgan fingerprint density at radius 2 is 1.96 bits per heavy atom. The third-order valence-electron chi connectivity index (χ3n) is 4.70. The van der Waals surface area contributed by atoms with Crippen LogP contribution in [0.1, 0.15) is 60.9 Å². The number of aromatic nitrogens is 2. The number of amides is 1. The highest BCUT2D eigenvalue weighted by molar-refractivity contribution is 6.31. The van der Waals surface area contributed by atoms with E-state index in [4.69, 9.17) is 16.3 Å². The van der Waals surface area contributed by atoms with E-state index in [1.807, 2.05) is 24.0 Å². The average Bonchev–Trinajstić information content (AvgIpc) is 3.25. The van der Waals surface area contributed by atoms with Gasteiger partial charge in [0.1, 0.15) is 23.7 Å². The lowest BCUT2D eigenvalue weighted by molar-refractivity contribution is 0.0787. The summed E-state index contributed by atoms with van der Waals surface area (Å²) in [7, 11) is 0. The topological polar surface area (TPSA) is 58.2 Å². The van der Waals surface area contributed by atoms with Gasteiger partial charge in [0, 0.05) is 23.7 Å². The second-order valence-corrected chi connectivity index (χ2v) is 8.32. The maximum Gasteiger partial charge on any atom is 0.271 e. The molecule has 0 spiro atoms. The molecule has 1 aromatic heterocycles. The molecule has 3 rings (SSSR count). The van der Waals surface area contributed by atoms with Crippen molar-refractivity contribution >= 4 is 17.5 Å². The Kier molecular flexibility index (Phi) is 5.28. The Bertz CT molecular complexity index is 802. The molecule has 1 amide bonds. The molecule has 2 aromatic rings. The first-order valence-corrected chi connectivity index (χ1v) is 9.40. The van der Waals surface area contributed by atoms with Gasteiger partial charge in [-0.05, 0) is 48.9 Å². The summed E-state index contributed by atoms with van der Waals surface area (Å²) < 4.78 is 6.04. The summed E-state index contributed by atoms with van der Waals surface area (Å²) >= 11 is 6.29. The number of likely N-dealkylation sites (tertiary alicyclic amines) is 1. The molecule has 1 aliphatic rings. The van der Waals surface area contributed by atoms with Crippen molar-refractivity contribution in [3.8, 4) is 5.75 Å². The van der Waals surface area contributed by atoms with Gasteiger partial charge in [0.15, 0.2) is 0 Å². The zero-order valence-electron chi connectivity index (χ0n) is 15.9. The molecule has 0 saturated carbocycles. The highest BCUT2D eigenvalue weighted by Crippen LogP contribution is 2.35. The second-order valence-electron chi connectivity index (χ2n) is 7.91. The third-order valence-corrected chi connectivity index (χ3v) is 5.11. The van der Waals surface area contributed by atoms with Crippen molar-refractivity contribution in [3.05, 3.63) is 45.7 Å². The number of aromatic amines is 1. The molecule has 6 heteroatoms. The largest absolute Gasteiger partial charge is 0.487 e. The van der Waals surface area contributed by atoms with E-state index in [0.717, 1.165) is 47.8 Å². The van der Waals surface area contributed by atoms with Crippen molar-refractivity contribution in [2.45, 2.75) is 52.6 Å². The fraction of sp³-hybridized carbons (Fsp3) is 0.500. The van der Waals surface area contributed by atoms with Gasteiger partial charge in [0.25, 0.3) is 5.91 Å². The molecule has 26 heavy (non-hydrogen) atoms. The molecule has 1 saturated heterocycles. The first-order chi connectivity index (χ1) is 12.3. The number of nitrogens with one attached hydrogen (secondary N) is 1. The Morgan fingerprint density at radius 1 is 1.27 bits per heavy atom. The molecule has 2 heterocycles. The van der Waals surface area contributed by atoms with Crippen LogP contribution < -0.4 is 4.74 Å². The summed E-state index contributed by atoms with van der Waals surface area (Å²) in [6, 6.07) is 5.71. The van der Waals surface area contributed by atoms with E-state index in [2.05, 4.69) is 31.0 Å². The maximum absolute atomic E-state index is 12.4. The van der Waals surface area contributed by atoms with E-state index < -0.39 is 0 Å². The van der Waals surface area contributed by atoms with Crippen LogP contribution in [0.2, 0.25) is 5.02 Å². The van der Waals surface area contributed by atoms with Gasteiger partial charge >= 0.3 is 0 Å². The average molecular weight is 376 g/mol. The van der Waals surface area contributed by atoms with Crippen molar-refractivity contribution in [2.24, 2.45) is 0 Å². The first kappa shape index (κ1) is 18.8. The molecule has 140 valence electrons. The van der Waals surface area contributed by atoms with Gasteiger partial charge in [0.05, 0.1) is 0 Å². The minimum Gasteiger partial charge on any atom is -0.487 e. The van der Waals surface area contributed by atoms with Crippen LogP contribution in [0.25, 0.3) is 0 Å². The Balaban J connectivity index is 1.73. The van der Waals surface area contributed by atoms with Gasteiger partial charge < -0.3 is 9.64 Å². The van der Waals surface area contributed by atoms with Crippen LogP contribution in [-0.2, 0) is 12.0 Å². The number of ether oxygens (including phenoxy) is 1. The molecule has 1 aliphatic heterocycles. The molecule has 0 aliphatic carbocycles. The standard InChI is InChI=1S/C20H26ClN3O2/c1-13-9-18(15(11-16(13)21)20(2,3)4)26-12-14-10-17(23-22-14)19(25)24-7-5-6-8-24/h9-11H,5-8,12H2,1-4H3,(H,22,23).